The predicted octanol–water partition coefficient (Wildman–Crippen LogP) is 0.744. The summed E-state index contributed by atoms with van der Waals surface area (Å²) in [6, 6.07) is 4.97. The minimum Gasteiger partial charge on any atom is -0.460 e. The molecule has 0 spiro atoms. The van der Waals surface area contributed by atoms with Crippen molar-refractivity contribution in [1.82, 2.24) is 15.4 Å². The van der Waals surface area contributed by atoms with Crippen LogP contribution in [0.4, 0.5) is 0 Å². The molecule has 0 aliphatic carbocycles. The minimum absolute atomic E-state index is 0.00836. The van der Waals surface area contributed by atoms with E-state index in [9.17, 15) is 9.59 Å². The van der Waals surface area contributed by atoms with Gasteiger partial charge in [-0.15, -0.1) is 0 Å². The van der Waals surface area contributed by atoms with Crippen LogP contribution in [0.2, 0.25) is 0 Å². The third-order valence-corrected chi connectivity index (χ3v) is 2.23. The number of nitrogens with zero attached hydrogens (tertiary/aromatic N) is 2. The van der Waals surface area contributed by atoms with E-state index in [1.165, 1.54) is 12.3 Å². The van der Waals surface area contributed by atoms with Crippen LogP contribution in [0, 0.1) is 13.8 Å². The van der Waals surface area contributed by atoms with Crippen molar-refractivity contribution < 1.29 is 9.21 Å². The number of aryl methyl sites for hydroxylation is 2. The Balaban J connectivity index is 2.05. The number of hydrogen-bond donors (Lipinski definition) is 2. The molecule has 0 bridgehead atoms. The number of aromatic amines is 1. The summed E-state index contributed by atoms with van der Waals surface area (Å²) in [4.78, 5) is 28.8. The first-order valence-corrected chi connectivity index (χ1v) is 5.52. The highest BCUT2D eigenvalue weighted by Gasteiger charge is 2.07. The van der Waals surface area contributed by atoms with Crippen LogP contribution < -0.4 is 11.1 Å². The van der Waals surface area contributed by atoms with Gasteiger partial charge in [0.2, 0.25) is 0 Å². The number of H-pyrrole nitrogens is 1. The molecule has 2 rings (SSSR count). The molecule has 7 heteroatoms. The van der Waals surface area contributed by atoms with Crippen LogP contribution in [-0.2, 0) is 0 Å². The summed E-state index contributed by atoms with van der Waals surface area (Å²) in [5, 5.41) is 3.72. The Morgan fingerprint density at radius 1 is 1.47 bits per heavy atom. The summed E-state index contributed by atoms with van der Waals surface area (Å²) < 4.78 is 5.24. The zero-order valence-corrected chi connectivity index (χ0v) is 10.4. The molecule has 2 N–H and O–H groups in total. The van der Waals surface area contributed by atoms with Crippen molar-refractivity contribution in [1.29, 1.82) is 0 Å². The Morgan fingerprint density at radius 3 is 2.89 bits per heavy atom. The van der Waals surface area contributed by atoms with E-state index in [2.05, 4.69) is 20.5 Å². The molecule has 2 aromatic rings. The second-order valence-corrected chi connectivity index (χ2v) is 3.90. The first-order valence-electron chi connectivity index (χ1n) is 5.52. The summed E-state index contributed by atoms with van der Waals surface area (Å²) >= 11 is 0. The van der Waals surface area contributed by atoms with Crippen molar-refractivity contribution in [2.24, 2.45) is 5.10 Å². The SMILES string of the molecule is Cc1cc(C(=O)N/N=C/c2ccc(C)o2)nc(=O)[nH]1. The molecule has 0 saturated carbocycles. The largest absolute Gasteiger partial charge is 0.460 e. The van der Waals surface area contributed by atoms with Crippen molar-refractivity contribution in [3.05, 3.63) is 51.6 Å². The van der Waals surface area contributed by atoms with Gasteiger partial charge in [-0.1, -0.05) is 0 Å². The van der Waals surface area contributed by atoms with Crippen molar-refractivity contribution in [3.63, 3.8) is 0 Å². The lowest BCUT2D eigenvalue weighted by Crippen LogP contribution is -2.24. The van der Waals surface area contributed by atoms with Gasteiger partial charge in [0.25, 0.3) is 5.91 Å². The zero-order valence-electron chi connectivity index (χ0n) is 10.4. The van der Waals surface area contributed by atoms with E-state index in [1.807, 2.05) is 0 Å². The molecule has 2 aromatic heterocycles. The van der Waals surface area contributed by atoms with Gasteiger partial charge in [-0.25, -0.2) is 10.2 Å². The van der Waals surface area contributed by atoms with E-state index in [1.54, 1.807) is 26.0 Å². The van der Waals surface area contributed by atoms with Crippen LogP contribution >= 0.6 is 0 Å². The van der Waals surface area contributed by atoms with Gasteiger partial charge in [0.05, 0.1) is 6.21 Å². The normalized spacial score (nSPS) is 10.8. The third kappa shape index (κ3) is 3.38. The fraction of sp³-hybridized carbons (Fsp3) is 0.167. The summed E-state index contributed by atoms with van der Waals surface area (Å²) in [5.41, 5.74) is 2.25. The monoisotopic (exact) mass is 260 g/mol. The van der Waals surface area contributed by atoms with E-state index >= 15 is 0 Å². The van der Waals surface area contributed by atoms with Crippen LogP contribution in [0.3, 0.4) is 0 Å². The zero-order chi connectivity index (χ0) is 13.8. The van der Waals surface area contributed by atoms with Gasteiger partial charge < -0.3 is 9.40 Å². The number of hydrogen-bond acceptors (Lipinski definition) is 5. The van der Waals surface area contributed by atoms with Crippen LogP contribution in [-0.4, -0.2) is 22.1 Å². The van der Waals surface area contributed by atoms with E-state index in [4.69, 9.17) is 4.42 Å². The molecule has 1 amide bonds. The Morgan fingerprint density at radius 2 is 2.26 bits per heavy atom. The molecule has 0 aliphatic rings. The quantitative estimate of drug-likeness (QED) is 0.628. The van der Waals surface area contributed by atoms with Gasteiger partial charge in [-0.05, 0) is 32.0 Å². The topological polar surface area (TPSA) is 100 Å². The van der Waals surface area contributed by atoms with Crippen LogP contribution in [0.25, 0.3) is 0 Å². The Hall–Kier alpha value is -2.70. The van der Waals surface area contributed by atoms with Gasteiger partial charge in [-0.3, -0.25) is 4.79 Å². The predicted molar refractivity (Wildman–Crippen MR) is 68.1 cm³/mol. The molecular formula is C12H12N4O3. The van der Waals surface area contributed by atoms with Crippen molar-refractivity contribution in [3.8, 4) is 0 Å². The second kappa shape index (κ2) is 5.30. The highest BCUT2D eigenvalue weighted by atomic mass is 16.3. The summed E-state index contributed by atoms with van der Waals surface area (Å²) in [6.45, 7) is 3.47. The Bertz CT molecular complexity index is 684. The van der Waals surface area contributed by atoms with Crippen molar-refractivity contribution >= 4 is 12.1 Å². The lowest BCUT2D eigenvalue weighted by Gasteiger charge is -1.98. The first-order chi connectivity index (χ1) is 9.04. The second-order valence-electron chi connectivity index (χ2n) is 3.90. The van der Waals surface area contributed by atoms with Crippen LogP contribution in [0.1, 0.15) is 27.7 Å². The molecule has 0 aromatic carbocycles. The Kier molecular flexibility index (Phi) is 3.56. The van der Waals surface area contributed by atoms with Gasteiger partial charge >= 0.3 is 5.69 Å². The fourth-order valence-electron chi connectivity index (χ4n) is 1.43. The third-order valence-electron chi connectivity index (χ3n) is 2.23. The molecule has 98 valence electrons. The number of hydrazone groups is 1. The van der Waals surface area contributed by atoms with E-state index in [0.717, 1.165) is 5.76 Å². The van der Waals surface area contributed by atoms with Crippen molar-refractivity contribution in [2.75, 3.05) is 0 Å². The summed E-state index contributed by atoms with van der Waals surface area (Å²) in [5.74, 6) is 0.709. The van der Waals surface area contributed by atoms with Crippen molar-refractivity contribution in [2.45, 2.75) is 13.8 Å². The summed E-state index contributed by atoms with van der Waals surface area (Å²) in [6.07, 6.45) is 1.37. The fourth-order valence-corrected chi connectivity index (χ4v) is 1.43. The summed E-state index contributed by atoms with van der Waals surface area (Å²) in [7, 11) is 0. The molecule has 0 aliphatic heterocycles. The van der Waals surface area contributed by atoms with E-state index in [-0.39, 0.29) is 5.69 Å². The van der Waals surface area contributed by atoms with E-state index in [0.29, 0.717) is 11.5 Å². The van der Waals surface area contributed by atoms with Crippen LogP contribution in [0.5, 0.6) is 0 Å². The maximum Gasteiger partial charge on any atom is 0.345 e. The molecule has 7 nitrogen and oxygen atoms in total. The molecular weight excluding hydrogens is 248 g/mol. The maximum atomic E-state index is 11.7. The van der Waals surface area contributed by atoms with E-state index < -0.39 is 11.6 Å². The van der Waals surface area contributed by atoms with Gasteiger partial charge in [0.1, 0.15) is 17.2 Å². The number of aromatic nitrogens is 2. The minimum atomic E-state index is -0.573. The maximum absolute atomic E-state index is 11.7. The van der Waals surface area contributed by atoms with Gasteiger partial charge in [0, 0.05) is 5.69 Å². The molecule has 0 atom stereocenters. The number of amides is 1. The number of carbonyl (C=O) groups excluding carboxylic acids is 1. The molecule has 0 unspecified atom stereocenters. The molecule has 2 heterocycles. The lowest BCUT2D eigenvalue weighted by atomic mass is 10.3. The molecule has 19 heavy (non-hydrogen) atoms. The smallest absolute Gasteiger partial charge is 0.345 e. The van der Waals surface area contributed by atoms with Crippen LogP contribution in [0.15, 0.2) is 32.5 Å². The first kappa shape index (κ1) is 12.7. The highest BCUT2D eigenvalue weighted by molar-refractivity contribution is 5.92. The number of nitrogens with one attached hydrogen (secondary N) is 2. The Labute approximate surface area is 108 Å². The van der Waals surface area contributed by atoms with Gasteiger partial charge in [0.15, 0.2) is 0 Å². The molecule has 0 saturated heterocycles. The number of carbonyl (C=O) groups is 1. The molecule has 0 radical (unpaired) electrons. The number of furan rings is 1. The molecule has 0 fully saturated rings. The standard InChI is InChI=1S/C12H12N4O3/c1-7-5-10(15-12(18)14-7)11(17)16-13-6-9-4-3-8(2)19-9/h3-6H,1-2H3,(H,16,17)(H,14,15,18)/b13-6+. The highest BCUT2D eigenvalue weighted by Crippen LogP contribution is 2.02. The van der Waals surface area contributed by atoms with Gasteiger partial charge in [-0.2, -0.15) is 10.1 Å². The average molecular weight is 260 g/mol. The lowest BCUT2D eigenvalue weighted by molar-refractivity contribution is 0.0949. The average Bonchev–Trinajstić information content (AvgIpc) is 2.73. The number of rotatable bonds is 3.